The number of likely N-dealkylation sites (tertiary alicyclic amines) is 1. The van der Waals surface area contributed by atoms with Gasteiger partial charge in [0.2, 0.25) is 0 Å². The first-order valence-corrected chi connectivity index (χ1v) is 8.87. The summed E-state index contributed by atoms with van der Waals surface area (Å²) < 4.78 is 0. The molecule has 1 fully saturated rings. The highest BCUT2D eigenvalue weighted by molar-refractivity contribution is 6.04. The Kier molecular flexibility index (Phi) is 4.34. The van der Waals surface area contributed by atoms with Gasteiger partial charge in [0.15, 0.2) is 0 Å². The number of hydrogen-bond acceptors (Lipinski definition) is 4. The monoisotopic (exact) mass is 350 g/mol. The largest absolute Gasteiger partial charge is 0.506 e. The summed E-state index contributed by atoms with van der Waals surface area (Å²) in [6.07, 6.45) is 4.13. The van der Waals surface area contributed by atoms with E-state index in [2.05, 4.69) is 27.2 Å². The third-order valence-electron chi connectivity index (χ3n) is 5.11. The summed E-state index contributed by atoms with van der Waals surface area (Å²) in [6.45, 7) is 2.15. The fourth-order valence-electron chi connectivity index (χ4n) is 3.55. The van der Waals surface area contributed by atoms with Crippen molar-refractivity contribution in [3.63, 3.8) is 0 Å². The predicted molar refractivity (Wildman–Crippen MR) is 101 cm³/mol. The molecule has 4 rings (SSSR count). The number of rotatable bonds is 3. The lowest BCUT2D eigenvalue weighted by molar-refractivity contribution is 0.102. The summed E-state index contributed by atoms with van der Waals surface area (Å²) in [5.74, 6) is 0.219. The van der Waals surface area contributed by atoms with E-state index in [4.69, 9.17) is 0 Å². The highest BCUT2D eigenvalue weighted by Crippen LogP contribution is 2.35. The highest BCUT2D eigenvalue weighted by atomic mass is 16.3. The minimum Gasteiger partial charge on any atom is -0.506 e. The van der Waals surface area contributed by atoms with Gasteiger partial charge >= 0.3 is 0 Å². The zero-order chi connectivity index (χ0) is 18.1. The molecule has 0 spiro atoms. The van der Waals surface area contributed by atoms with Gasteiger partial charge in [-0.05, 0) is 68.7 Å². The minimum absolute atomic E-state index is 0.0453. The van der Waals surface area contributed by atoms with E-state index in [-0.39, 0.29) is 11.7 Å². The van der Waals surface area contributed by atoms with Crippen LogP contribution < -0.4 is 5.32 Å². The number of phenolic OH excluding ortho intramolecular Hbond substituents is 1. The molecule has 1 aromatic carbocycles. The van der Waals surface area contributed by atoms with Gasteiger partial charge in [-0.3, -0.25) is 9.78 Å². The third kappa shape index (κ3) is 3.15. The Morgan fingerprint density at radius 3 is 2.77 bits per heavy atom. The molecule has 6 nitrogen and oxygen atoms in total. The normalized spacial score (nSPS) is 16.0. The number of nitrogens with zero attached hydrogens (tertiary/aromatic N) is 2. The van der Waals surface area contributed by atoms with Gasteiger partial charge in [0, 0.05) is 6.20 Å². The number of aromatic hydroxyl groups is 1. The topological polar surface area (TPSA) is 81.2 Å². The van der Waals surface area contributed by atoms with Gasteiger partial charge in [0.25, 0.3) is 5.91 Å². The van der Waals surface area contributed by atoms with Gasteiger partial charge in [-0.1, -0.05) is 12.1 Å². The van der Waals surface area contributed by atoms with Gasteiger partial charge < -0.3 is 20.3 Å². The Morgan fingerprint density at radius 1 is 1.23 bits per heavy atom. The van der Waals surface area contributed by atoms with Crippen LogP contribution in [0.25, 0.3) is 11.4 Å². The van der Waals surface area contributed by atoms with Crippen LogP contribution in [-0.4, -0.2) is 46.0 Å². The van der Waals surface area contributed by atoms with Crippen molar-refractivity contribution < 1.29 is 9.90 Å². The first-order chi connectivity index (χ1) is 12.6. The second-order valence-electron chi connectivity index (χ2n) is 6.89. The van der Waals surface area contributed by atoms with Crippen molar-refractivity contribution >= 4 is 11.6 Å². The zero-order valence-corrected chi connectivity index (χ0v) is 14.7. The number of piperidine rings is 1. The Morgan fingerprint density at radius 2 is 2.00 bits per heavy atom. The smallest absolute Gasteiger partial charge is 0.272 e. The highest BCUT2D eigenvalue weighted by Gasteiger charge is 2.24. The molecule has 0 aromatic heterocycles. The summed E-state index contributed by atoms with van der Waals surface area (Å²) in [7, 11) is 2.14. The van der Waals surface area contributed by atoms with E-state index < -0.39 is 0 Å². The number of phenols is 1. The fourth-order valence-corrected chi connectivity index (χ4v) is 3.55. The van der Waals surface area contributed by atoms with Crippen LogP contribution in [0.4, 0.5) is 5.69 Å². The molecular weight excluding hydrogens is 328 g/mol. The Labute approximate surface area is 152 Å². The number of carbonyl (C=O) groups excluding carboxylic acids is 1. The molecule has 26 heavy (non-hydrogen) atoms. The average molecular weight is 350 g/mol. The van der Waals surface area contributed by atoms with Crippen LogP contribution in [0, 0.1) is 0 Å². The second-order valence-corrected chi connectivity index (χ2v) is 6.89. The molecule has 3 aliphatic heterocycles. The molecule has 3 aliphatic rings. The van der Waals surface area contributed by atoms with Crippen molar-refractivity contribution in [3.8, 4) is 17.1 Å². The fraction of sp³-hybridized carbons (Fsp3) is 0.300. The number of fused-ring (bicyclic) bond motifs is 1. The molecule has 1 aromatic rings. The van der Waals surface area contributed by atoms with Gasteiger partial charge in [-0.15, -0.1) is 0 Å². The summed E-state index contributed by atoms with van der Waals surface area (Å²) >= 11 is 0. The van der Waals surface area contributed by atoms with Gasteiger partial charge in [-0.2, -0.15) is 0 Å². The molecule has 1 saturated heterocycles. The summed E-state index contributed by atoms with van der Waals surface area (Å²) in [6, 6.07) is 10.3. The van der Waals surface area contributed by atoms with E-state index in [0.29, 0.717) is 17.3 Å². The number of hydrogen-bond donors (Lipinski definition) is 3. The molecular formula is C20H22N4O2. The molecule has 134 valence electrons. The maximum atomic E-state index is 12.6. The lowest BCUT2D eigenvalue weighted by atomic mass is 9.89. The molecule has 0 unspecified atom stereocenters. The zero-order valence-electron chi connectivity index (χ0n) is 14.7. The third-order valence-corrected chi connectivity index (χ3v) is 5.11. The first kappa shape index (κ1) is 16.6. The van der Waals surface area contributed by atoms with Gasteiger partial charge in [-0.25, -0.2) is 0 Å². The van der Waals surface area contributed by atoms with Crippen molar-refractivity contribution in [2.45, 2.75) is 18.8 Å². The maximum Gasteiger partial charge on any atom is 0.272 e. The van der Waals surface area contributed by atoms with Crippen LogP contribution in [0.2, 0.25) is 0 Å². The lowest BCUT2D eigenvalue weighted by Gasteiger charge is -2.29. The summed E-state index contributed by atoms with van der Waals surface area (Å²) in [4.78, 5) is 22.7. The molecule has 0 bridgehead atoms. The first-order valence-electron chi connectivity index (χ1n) is 8.87. The van der Waals surface area contributed by atoms with Crippen LogP contribution in [0.5, 0.6) is 5.75 Å². The van der Waals surface area contributed by atoms with E-state index in [1.807, 2.05) is 12.3 Å². The Bertz CT molecular complexity index is 896. The number of nitrogens with one attached hydrogen (secondary N) is 2. The number of carbonyl (C=O) groups is 1. The minimum atomic E-state index is -0.288. The number of aromatic amines is 1. The van der Waals surface area contributed by atoms with Crippen molar-refractivity contribution in [2.24, 2.45) is 0 Å². The molecule has 3 heterocycles. The average Bonchev–Trinajstić information content (AvgIpc) is 3.07. The molecule has 0 saturated carbocycles. The van der Waals surface area contributed by atoms with Crippen molar-refractivity contribution in [1.82, 2.24) is 14.9 Å². The second kappa shape index (κ2) is 6.80. The number of para-hydroxylation sites is 2. The predicted octanol–water partition coefficient (Wildman–Crippen LogP) is 3.28. The standard InChI is InChI=1S/C20H22N4O2/c1-24-10-8-13(9-11-24)14-12-21-16-6-7-17(22-19(14)16)20(26)23-15-4-2-3-5-18(15)25/h2-7,12-13,22,25H,8-11H2,1H3,(H,23,26). The van der Waals surface area contributed by atoms with Crippen LogP contribution in [0.15, 0.2) is 42.6 Å². The van der Waals surface area contributed by atoms with Crippen molar-refractivity contribution in [2.75, 3.05) is 25.5 Å². The molecule has 0 radical (unpaired) electrons. The molecule has 6 heteroatoms. The molecule has 3 N–H and O–H groups in total. The van der Waals surface area contributed by atoms with Crippen LogP contribution in [0.1, 0.15) is 34.8 Å². The van der Waals surface area contributed by atoms with E-state index in [1.54, 1.807) is 30.3 Å². The summed E-state index contributed by atoms with van der Waals surface area (Å²) in [5.41, 5.74) is 3.83. The Hall–Kier alpha value is -2.86. The van der Waals surface area contributed by atoms with E-state index in [1.165, 1.54) is 5.56 Å². The molecule has 0 aliphatic carbocycles. The number of H-pyrrole nitrogens is 1. The SMILES string of the molecule is CN1CCC(c2cnc3ccc(C(=O)Nc4ccccc4O)[nH]c2-3)CC1. The van der Waals surface area contributed by atoms with Crippen LogP contribution >= 0.6 is 0 Å². The van der Waals surface area contributed by atoms with Gasteiger partial charge in [0.05, 0.1) is 17.1 Å². The lowest BCUT2D eigenvalue weighted by Crippen LogP contribution is -2.29. The number of aromatic nitrogens is 2. The summed E-state index contributed by atoms with van der Waals surface area (Å²) in [5, 5.41) is 12.6. The molecule has 1 amide bonds. The van der Waals surface area contributed by atoms with Crippen LogP contribution in [-0.2, 0) is 0 Å². The number of amides is 1. The number of benzene rings is 1. The molecule has 0 atom stereocenters. The van der Waals surface area contributed by atoms with E-state index in [0.717, 1.165) is 37.3 Å². The maximum absolute atomic E-state index is 12.6. The van der Waals surface area contributed by atoms with E-state index in [9.17, 15) is 9.90 Å². The van der Waals surface area contributed by atoms with Crippen molar-refractivity contribution in [1.29, 1.82) is 0 Å². The number of anilines is 1. The Balaban J connectivity index is 1.60. The quantitative estimate of drug-likeness (QED) is 0.633. The van der Waals surface area contributed by atoms with Crippen molar-refractivity contribution in [3.05, 3.63) is 53.9 Å². The van der Waals surface area contributed by atoms with E-state index >= 15 is 0 Å². The van der Waals surface area contributed by atoms with Gasteiger partial charge in [0.1, 0.15) is 11.4 Å². The van der Waals surface area contributed by atoms with Crippen LogP contribution in [0.3, 0.4) is 0 Å². The number of pyridine rings is 1.